The predicted octanol–water partition coefficient (Wildman–Crippen LogP) is 1.70. The maximum Gasteiger partial charge on any atom is 0.245 e. The molecule has 0 saturated carbocycles. The summed E-state index contributed by atoms with van der Waals surface area (Å²) in [6.45, 7) is 5.23. The van der Waals surface area contributed by atoms with Crippen molar-refractivity contribution in [3.8, 4) is 0 Å². The van der Waals surface area contributed by atoms with Crippen molar-refractivity contribution in [3.05, 3.63) is 24.4 Å². The molecule has 3 heterocycles. The van der Waals surface area contributed by atoms with Gasteiger partial charge in [-0.15, -0.1) is 5.10 Å². The van der Waals surface area contributed by atoms with Gasteiger partial charge in [-0.25, -0.2) is 4.52 Å². The van der Waals surface area contributed by atoms with Crippen LogP contribution in [0.4, 0.5) is 5.95 Å². The minimum Gasteiger partial charge on any atom is -0.338 e. The quantitative estimate of drug-likeness (QED) is 0.907. The van der Waals surface area contributed by atoms with Gasteiger partial charge in [0.1, 0.15) is 0 Å². The SMILES string of the molecule is CCN(CC1CCCCN1)c1nc2ccccn2n1. The van der Waals surface area contributed by atoms with E-state index in [1.165, 1.54) is 19.3 Å². The fourth-order valence-corrected chi connectivity index (χ4v) is 2.65. The minimum absolute atomic E-state index is 0.570. The maximum absolute atomic E-state index is 4.60. The van der Waals surface area contributed by atoms with Gasteiger partial charge in [-0.3, -0.25) is 0 Å². The minimum atomic E-state index is 0.570. The number of piperidine rings is 1. The molecule has 102 valence electrons. The number of fused-ring (bicyclic) bond motifs is 1. The summed E-state index contributed by atoms with van der Waals surface area (Å²) in [5, 5.41) is 8.14. The van der Waals surface area contributed by atoms with Crippen LogP contribution < -0.4 is 10.2 Å². The van der Waals surface area contributed by atoms with Crippen molar-refractivity contribution in [2.24, 2.45) is 0 Å². The van der Waals surface area contributed by atoms with Crippen LogP contribution in [-0.4, -0.2) is 40.3 Å². The monoisotopic (exact) mass is 259 g/mol. The average Bonchev–Trinajstić information content (AvgIpc) is 2.89. The second kappa shape index (κ2) is 5.57. The third-order valence-electron chi connectivity index (χ3n) is 3.75. The van der Waals surface area contributed by atoms with E-state index < -0.39 is 0 Å². The van der Waals surface area contributed by atoms with E-state index in [-0.39, 0.29) is 0 Å². The number of aromatic nitrogens is 3. The van der Waals surface area contributed by atoms with Crippen molar-refractivity contribution < 1.29 is 0 Å². The van der Waals surface area contributed by atoms with Crippen molar-refractivity contribution in [1.82, 2.24) is 19.9 Å². The molecule has 19 heavy (non-hydrogen) atoms. The summed E-state index contributed by atoms with van der Waals surface area (Å²) < 4.78 is 1.84. The molecular weight excluding hydrogens is 238 g/mol. The highest BCUT2D eigenvalue weighted by Crippen LogP contribution is 2.14. The molecule has 0 aliphatic carbocycles. The second-order valence-electron chi connectivity index (χ2n) is 5.10. The number of anilines is 1. The number of rotatable bonds is 4. The first kappa shape index (κ1) is 12.4. The van der Waals surface area contributed by atoms with Crippen LogP contribution in [0.1, 0.15) is 26.2 Å². The molecule has 5 nitrogen and oxygen atoms in total. The van der Waals surface area contributed by atoms with Gasteiger partial charge in [-0.1, -0.05) is 12.5 Å². The molecule has 3 rings (SSSR count). The van der Waals surface area contributed by atoms with Crippen LogP contribution in [0.15, 0.2) is 24.4 Å². The molecule has 1 saturated heterocycles. The zero-order chi connectivity index (χ0) is 13.1. The molecule has 2 aromatic heterocycles. The summed E-state index contributed by atoms with van der Waals surface area (Å²) in [6.07, 6.45) is 5.82. The molecule has 0 spiro atoms. The highest BCUT2D eigenvalue weighted by molar-refractivity contribution is 5.44. The van der Waals surface area contributed by atoms with Gasteiger partial charge in [-0.2, -0.15) is 4.98 Å². The van der Waals surface area contributed by atoms with E-state index in [2.05, 4.69) is 27.2 Å². The Morgan fingerprint density at radius 3 is 3.11 bits per heavy atom. The summed E-state index contributed by atoms with van der Waals surface area (Å²) in [5.74, 6) is 0.834. The largest absolute Gasteiger partial charge is 0.338 e. The molecule has 1 N–H and O–H groups in total. The van der Waals surface area contributed by atoms with Gasteiger partial charge in [0.2, 0.25) is 5.95 Å². The lowest BCUT2D eigenvalue weighted by molar-refractivity contribution is 0.399. The van der Waals surface area contributed by atoms with E-state index in [9.17, 15) is 0 Å². The van der Waals surface area contributed by atoms with Crippen molar-refractivity contribution >= 4 is 11.6 Å². The highest BCUT2D eigenvalue weighted by Gasteiger charge is 2.18. The molecule has 0 amide bonds. The molecule has 0 radical (unpaired) electrons. The summed E-state index contributed by atoms with van der Waals surface area (Å²) in [7, 11) is 0. The molecule has 1 unspecified atom stereocenters. The molecule has 1 fully saturated rings. The Labute approximate surface area is 113 Å². The zero-order valence-corrected chi connectivity index (χ0v) is 11.4. The highest BCUT2D eigenvalue weighted by atomic mass is 15.4. The van der Waals surface area contributed by atoms with E-state index in [1.54, 1.807) is 0 Å². The van der Waals surface area contributed by atoms with Gasteiger partial charge < -0.3 is 10.2 Å². The fraction of sp³-hybridized carbons (Fsp3) is 0.571. The predicted molar refractivity (Wildman–Crippen MR) is 76.5 cm³/mol. The van der Waals surface area contributed by atoms with Crippen molar-refractivity contribution in [3.63, 3.8) is 0 Å². The van der Waals surface area contributed by atoms with Gasteiger partial charge in [0.05, 0.1) is 0 Å². The zero-order valence-electron chi connectivity index (χ0n) is 11.4. The Kier molecular flexibility index (Phi) is 3.64. The van der Waals surface area contributed by atoms with E-state index in [1.807, 2.05) is 28.9 Å². The van der Waals surface area contributed by atoms with Crippen molar-refractivity contribution in [2.75, 3.05) is 24.5 Å². The standard InChI is InChI=1S/C14H21N5/c1-2-18(11-12-7-3-5-9-15-12)14-16-13-8-4-6-10-19(13)17-14/h4,6,8,10,12,15H,2-3,5,7,9,11H2,1H3. The van der Waals surface area contributed by atoms with Gasteiger partial charge in [0.25, 0.3) is 0 Å². The molecule has 0 bridgehead atoms. The topological polar surface area (TPSA) is 45.5 Å². The van der Waals surface area contributed by atoms with Gasteiger partial charge in [-0.05, 0) is 38.4 Å². The number of nitrogens with one attached hydrogen (secondary N) is 1. The van der Waals surface area contributed by atoms with Crippen LogP contribution in [-0.2, 0) is 0 Å². The number of nitrogens with zero attached hydrogens (tertiary/aromatic N) is 4. The van der Waals surface area contributed by atoms with Crippen LogP contribution in [0, 0.1) is 0 Å². The molecule has 2 aromatic rings. The second-order valence-corrected chi connectivity index (χ2v) is 5.10. The van der Waals surface area contributed by atoms with Crippen molar-refractivity contribution in [1.29, 1.82) is 0 Å². The number of hydrogen-bond donors (Lipinski definition) is 1. The lowest BCUT2D eigenvalue weighted by Gasteiger charge is -2.29. The Morgan fingerprint density at radius 1 is 1.42 bits per heavy atom. The summed E-state index contributed by atoms with van der Waals surface area (Å²) >= 11 is 0. The first-order valence-electron chi connectivity index (χ1n) is 7.16. The molecule has 1 aliphatic heterocycles. The molecular formula is C14H21N5. The third kappa shape index (κ3) is 2.71. The molecule has 1 atom stereocenters. The summed E-state index contributed by atoms with van der Waals surface area (Å²) in [6, 6.07) is 6.53. The third-order valence-corrected chi connectivity index (χ3v) is 3.75. The smallest absolute Gasteiger partial charge is 0.245 e. The van der Waals surface area contributed by atoms with E-state index in [0.717, 1.165) is 31.2 Å². The first-order valence-corrected chi connectivity index (χ1v) is 7.16. The maximum atomic E-state index is 4.60. The van der Waals surface area contributed by atoms with Gasteiger partial charge >= 0.3 is 0 Å². The first-order chi connectivity index (χ1) is 9.36. The fourth-order valence-electron chi connectivity index (χ4n) is 2.65. The van der Waals surface area contributed by atoms with Gasteiger partial charge in [0.15, 0.2) is 5.65 Å². The van der Waals surface area contributed by atoms with Gasteiger partial charge in [0, 0.05) is 25.3 Å². The Bertz CT molecular complexity index is 496. The van der Waals surface area contributed by atoms with E-state index in [0.29, 0.717) is 6.04 Å². The number of hydrogen-bond acceptors (Lipinski definition) is 4. The van der Waals surface area contributed by atoms with Crippen LogP contribution in [0.25, 0.3) is 5.65 Å². The molecule has 1 aliphatic rings. The Balaban J connectivity index is 1.76. The number of likely N-dealkylation sites (N-methyl/N-ethyl adjacent to an activating group) is 1. The summed E-state index contributed by atoms with van der Waals surface area (Å²) in [4.78, 5) is 6.86. The molecule has 5 heteroatoms. The van der Waals surface area contributed by atoms with E-state index in [4.69, 9.17) is 0 Å². The average molecular weight is 259 g/mol. The van der Waals surface area contributed by atoms with Crippen molar-refractivity contribution in [2.45, 2.75) is 32.2 Å². The van der Waals surface area contributed by atoms with Crippen LogP contribution in [0.2, 0.25) is 0 Å². The normalized spacial score (nSPS) is 19.7. The van der Waals surface area contributed by atoms with Crippen LogP contribution in [0.5, 0.6) is 0 Å². The Morgan fingerprint density at radius 2 is 2.37 bits per heavy atom. The lowest BCUT2D eigenvalue weighted by Crippen LogP contribution is -2.44. The van der Waals surface area contributed by atoms with Crippen LogP contribution in [0.3, 0.4) is 0 Å². The Hall–Kier alpha value is -1.62. The number of pyridine rings is 1. The van der Waals surface area contributed by atoms with Crippen LogP contribution >= 0.6 is 0 Å². The summed E-state index contributed by atoms with van der Waals surface area (Å²) in [5.41, 5.74) is 0.910. The lowest BCUT2D eigenvalue weighted by atomic mass is 10.0. The molecule has 0 aromatic carbocycles. The van der Waals surface area contributed by atoms with E-state index >= 15 is 0 Å².